The number of imide groups is 1. The highest BCUT2D eigenvalue weighted by Gasteiger charge is 2.30. The van der Waals surface area contributed by atoms with Crippen LogP contribution in [0.5, 0.6) is 5.75 Å². The molecular weight excluding hydrogens is 396 g/mol. The van der Waals surface area contributed by atoms with E-state index in [2.05, 4.69) is 5.32 Å². The minimum atomic E-state index is -0.394. The molecule has 0 saturated carbocycles. The highest BCUT2D eigenvalue weighted by atomic mass is 16.5. The SMILES string of the molecule is COc1cc2c(cc1NC(=O)c1cccc(N3C(=O)CCC3=O)c1)oc1ccccc12. The van der Waals surface area contributed by atoms with E-state index in [9.17, 15) is 14.4 Å². The van der Waals surface area contributed by atoms with E-state index in [1.54, 1.807) is 24.3 Å². The van der Waals surface area contributed by atoms with Crippen molar-refractivity contribution in [1.29, 1.82) is 0 Å². The molecule has 0 radical (unpaired) electrons. The number of furan rings is 1. The molecule has 1 aromatic heterocycles. The van der Waals surface area contributed by atoms with E-state index in [0.717, 1.165) is 21.3 Å². The summed E-state index contributed by atoms with van der Waals surface area (Å²) in [5.41, 5.74) is 2.53. The van der Waals surface area contributed by atoms with Gasteiger partial charge < -0.3 is 14.5 Å². The van der Waals surface area contributed by atoms with E-state index in [1.807, 2.05) is 30.3 Å². The summed E-state index contributed by atoms with van der Waals surface area (Å²) in [5.74, 6) is -0.428. The highest BCUT2D eigenvalue weighted by Crippen LogP contribution is 2.36. The first-order valence-electron chi connectivity index (χ1n) is 9.81. The van der Waals surface area contributed by atoms with Crippen molar-refractivity contribution in [2.75, 3.05) is 17.3 Å². The number of nitrogens with one attached hydrogen (secondary N) is 1. The second-order valence-corrected chi connectivity index (χ2v) is 7.27. The van der Waals surface area contributed by atoms with Crippen molar-refractivity contribution in [2.24, 2.45) is 0 Å². The Hall–Kier alpha value is -4.13. The zero-order valence-electron chi connectivity index (χ0n) is 16.7. The molecule has 154 valence electrons. The number of hydrogen-bond acceptors (Lipinski definition) is 5. The topological polar surface area (TPSA) is 88.9 Å². The monoisotopic (exact) mass is 414 g/mol. The number of methoxy groups -OCH3 is 1. The standard InChI is InChI=1S/C24H18N2O5/c1-30-21-12-17-16-7-2-3-8-19(16)31-20(17)13-18(21)25-24(29)14-5-4-6-15(11-14)26-22(27)9-10-23(26)28/h2-8,11-13H,9-10H2,1H3,(H,25,29). The van der Waals surface area contributed by atoms with Crippen LogP contribution >= 0.6 is 0 Å². The fourth-order valence-electron chi connectivity index (χ4n) is 3.86. The first-order valence-corrected chi connectivity index (χ1v) is 9.81. The lowest BCUT2D eigenvalue weighted by atomic mass is 10.1. The molecule has 1 saturated heterocycles. The van der Waals surface area contributed by atoms with Crippen LogP contribution in [-0.4, -0.2) is 24.8 Å². The number of nitrogens with zero attached hydrogens (tertiary/aromatic N) is 1. The smallest absolute Gasteiger partial charge is 0.255 e. The molecule has 0 spiro atoms. The van der Waals surface area contributed by atoms with E-state index >= 15 is 0 Å². The van der Waals surface area contributed by atoms with Gasteiger partial charge in [-0.15, -0.1) is 0 Å². The molecule has 0 atom stereocenters. The molecule has 1 aliphatic heterocycles. The third-order valence-corrected chi connectivity index (χ3v) is 5.37. The van der Waals surface area contributed by atoms with E-state index in [4.69, 9.17) is 9.15 Å². The number of benzene rings is 3. The van der Waals surface area contributed by atoms with Crippen molar-refractivity contribution < 1.29 is 23.5 Å². The van der Waals surface area contributed by atoms with Crippen LogP contribution in [0.2, 0.25) is 0 Å². The Kier molecular flexibility index (Phi) is 4.43. The minimum Gasteiger partial charge on any atom is -0.495 e. The summed E-state index contributed by atoms with van der Waals surface area (Å²) in [6.07, 6.45) is 0.369. The van der Waals surface area contributed by atoms with Gasteiger partial charge in [-0.25, -0.2) is 0 Å². The second kappa shape index (κ2) is 7.28. The lowest BCUT2D eigenvalue weighted by Crippen LogP contribution is -2.28. The van der Waals surface area contributed by atoms with Crippen LogP contribution in [0.25, 0.3) is 21.9 Å². The van der Waals surface area contributed by atoms with Gasteiger partial charge in [-0.1, -0.05) is 24.3 Å². The zero-order valence-corrected chi connectivity index (χ0v) is 16.7. The van der Waals surface area contributed by atoms with Gasteiger partial charge >= 0.3 is 0 Å². The average Bonchev–Trinajstić information content (AvgIpc) is 3.31. The highest BCUT2D eigenvalue weighted by molar-refractivity contribution is 6.20. The Bertz CT molecular complexity index is 1360. The predicted molar refractivity (Wildman–Crippen MR) is 116 cm³/mol. The molecule has 1 N–H and O–H groups in total. The number of hydrogen-bond donors (Lipinski definition) is 1. The van der Waals surface area contributed by atoms with Crippen molar-refractivity contribution in [3.05, 3.63) is 66.2 Å². The molecule has 2 heterocycles. The molecule has 0 unspecified atom stereocenters. The summed E-state index contributed by atoms with van der Waals surface area (Å²) in [5, 5.41) is 4.69. The molecule has 7 heteroatoms. The molecule has 3 amide bonds. The average molecular weight is 414 g/mol. The normalized spacial score (nSPS) is 13.9. The van der Waals surface area contributed by atoms with Gasteiger partial charge in [-0.05, 0) is 30.3 Å². The third kappa shape index (κ3) is 3.20. The Morgan fingerprint density at radius 3 is 2.48 bits per heavy atom. The largest absolute Gasteiger partial charge is 0.495 e. The van der Waals surface area contributed by atoms with Crippen LogP contribution < -0.4 is 15.0 Å². The summed E-state index contributed by atoms with van der Waals surface area (Å²) < 4.78 is 11.4. The molecule has 3 aromatic carbocycles. The van der Waals surface area contributed by atoms with E-state index < -0.39 is 5.91 Å². The predicted octanol–water partition coefficient (Wildman–Crippen LogP) is 4.50. The molecule has 1 fully saturated rings. The number of fused-ring (bicyclic) bond motifs is 3. The summed E-state index contributed by atoms with van der Waals surface area (Å²) in [7, 11) is 1.53. The van der Waals surface area contributed by atoms with Crippen LogP contribution in [0.15, 0.2) is 65.1 Å². The van der Waals surface area contributed by atoms with Crippen molar-refractivity contribution in [2.45, 2.75) is 12.8 Å². The number of anilines is 2. The maximum Gasteiger partial charge on any atom is 0.255 e. The number of para-hydroxylation sites is 1. The van der Waals surface area contributed by atoms with Crippen LogP contribution in [0.4, 0.5) is 11.4 Å². The molecule has 1 aliphatic rings. The van der Waals surface area contributed by atoms with Crippen molar-refractivity contribution in [3.63, 3.8) is 0 Å². The first-order chi connectivity index (χ1) is 15.0. The number of carbonyl (C=O) groups excluding carboxylic acids is 3. The minimum absolute atomic E-state index is 0.184. The maximum atomic E-state index is 12.9. The maximum absolute atomic E-state index is 12.9. The van der Waals surface area contributed by atoms with E-state index in [0.29, 0.717) is 28.3 Å². The fraction of sp³-hybridized carbons (Fsp3) is 0.125. The van der Waals surface area contributed by atoms with Gasteiger partial charge in [0.2, 0.25) is 11.8 Å². The number of amides is 3. The molecule has 0 aliphatic carbocycles. The Balaban J connectivity index is 1.49. The number of ether oxygens (including phenoxy) is 1. The summed E-state index contributed by atoms with van der Waals surface area (Å²) in [6, 6.07) is 17.7. The molecule has 4 aromatic rings. The Morgan fingerprint density at radius 1 is 0.935 bits per heavy atom. The lowest BCUT2D eigenvalue weighted by Gasteiger charge is -2.15. The Morgan fingerprint density at radius 2 is 1.71 bits per heavy atom. The summed E-state index contributed by atoms with van der Waals surface area (Å²) in [4.78, 5) is 38.1. The van der Waals surface area contributed by atoms with Gasteiger partial charge in [0.25, 0.3) is 5.91 Å². The van der Waals surface area contributed by atoms with Crippen LogP contribution in [0.3, 0.4) is 0 Å². The first kappa shape index (κ1) is 18.9. The van der Waals surface area contributed by atoms with Gasteiger partial charge in [0.15, 0.2) is 0 Å². The molecule has 7 nitrogen and oxygen atoms in total. The van der Waals surface area contributed by atoms with Crippen molar-refractivity contribution in [1.82, 2.24) is 0 Å². The van der Waals surface area contributed by atoms with Gasteiger partial charge in [-0.2, -0.15) is 0 Å². The number of carbonyl (C=O) groups is 3. The van der Waals surface area contributed by atoms with Crippen molar-refractivity contribution >= 4 is 51.0 Å². The summed E-state index contributed by atoms with van der Waals surface area (Å²) in [6.45, 7) is 0. The molecular formula is C24H18N2O5. The van der Waals surface area contributed by atoms with Crippen LogP contribution in [0, 0.1) is 0 Å². The van der Waals surface area contributed by atoms with E-state index in [-0.39, 0.29) is 24.7 Å². The summed E-state index contributed by atoms with van der Waals surface area (Å²) >= 11 is 0. The quantitative estimate of drug-likeness (QED) is 0.497. The zero-order chi connectivity index (χ0) is 21.5. The lowest BCUT2D eigenvalue weighted by molar-refractivity contribution is -0.121. The van der Waals surface area contributed by atoms with Crippen LogP contribution in [0.1, 0.15) is 23.2 Å². The van der Waals surface area contributed by atoms with Gasteiger partial charge in [0.1, 0.15) is 16.9 Å². The molecule has 0 bridgehead atoms. The van der Waals surface area contributed by atoms with Gasteiger partial charge in [-0.3, -0.25) is 19.3 Å². The van der Waals surface area contributed by atoms with E-state index in [1.165, 1.54) is 13.2 Å². The molecule has 5 rings (SSSR count). The third-order valence-electron chi connectivity index (χ3n) is 5.37. The molecule has 31 heavy (non-hydrogen) atoms. The van der Waals surface area contributed by atoms with Gasteiger partial charge in [0, 0.05) is 35.2 Å². The van der Waals surface area contributed by atoms with Crippen molar-refractivity contribution in [3.8, 4) is 5.75 Å². The Labute approximate surface area is 177 Å². The fourth-order valence-corrected chi connectivity index (χ4v) is 3.86. The van der Waals surface area contributed by atoms with Gasteiger partial charge in [0.05, 0.1) is 18.5 Å². The van der Waals surface area contributed by atoms with Crippen LogP contribution in [-0.2, 0) is 9.59 Å². The second-order valence-electron chi connectivity index (χ2n) is 7.27. The number of rotatable bonds is 4.